The van der Waals surface area contributed by atoms with Gasteiger partial charge < -0.3 is 8.92 Å². The standard InChI is InChI=1S/C18H20F3NO5S/c1-6-26-16(23)13-9-14(27-28(24,25)18(19,20)21)11-7-10(2)8-12(15(11)22-13)17(3,4)5/h7-9H,6H2,1-5H3. The molecule has 0 radical (unpaired) electrons. The highest BCUT2D eigenvalue weighted by molar-refractivity contribution is 7.88. The van der Waals surface area contributed by atoms with Gasteiger partial charge in [0.2, 0.25) is 0 Å². The molecular formula is C18H20F3NO5S. The van der Waals surface area contributed by atoms with Crippen LogP contribution in [0.2, 0.25) is 0 Å². The highest BCUT2D eigenvalue weighted by atomic mass is 32.2. The van der Waals surface area contributed by atoms with Crippen LogP contribution >= 0.6 is 0 Å². The zero-order chi connectivity index (χ0) is 21.5. The molecule has 154 valence electrons. The van der Waals surface area contributed by atoms with Gasteiger partial charge in [0.1, 0.15) is 0 Å². The lowest BCUT2D eigenvalue weighted by Crippen LogP contribution is -2.28. The maximum Gasteiger partial charge on any atom is 0.534 e. The van der Waals surface area contributed by atoms with E-state index < -0.39 is 32.8 Å². The number of carbonyl (C=O) groups excluding carboxylic acids is 1. The van der Waals surface area contributed by atoms with Crippen LogP contribution in [0, 0.1) is 6.92 Å². The lowest BCUT2D eigenvalue weighted by Gasteiger charge is -2.22. The summed E-state index contributed by atoms with van der Waals surface area (Å²) in [5, 5.41) is 0.0470. The number of fused-ring (bicyclic) bond motifs is 1. The Morgan fingerprint density at radius 3 is 2.25 bits per heavy atom. The molecular weight excluding hydrogens is 399 g/mol. The van der Waals surface area contributed by atoms with E-state index in [4.69, 9.17) is 4.74 Å². The molecule has 0 amide bonds. The van der Waals surface area contributed by atoms with Crippen LogP contribution in [0.25, 0.3) is 10.9 Å². The van der Waals surface area contributed by atoms with E-state index in [2.05, 4.69) is 9.17 Å². The molecule has 0 aliphatic heterocycles. The van der Waals surface area contributed by atoms with Crippen molar-refractivity contribution in [3.05, 3.63) is 35.0 Å². The van der Waals surface area contributed by atoms with Crippen molar-refractivity contribution in [1.82, 2.24) is 4.98 Å². The van der Waals surface area contributed by atoms with Crippen molar-refractivity contribution in [2.75, 3.05) is 6.61 Å². The predicted molar refractivity (Wildman–Crippen MR) is 96.7 cm³/mol. The molecule has 0 saturated carbocycles. The highest BCUT2D eigenvalue weighted by Gasteiger charge is 2.49. The molecule has 6 nitrogen and oxygen atoms in total. The number of hydrogen-bond acceptors (Lipinski definition) is 6. The largest absolute Gasteiger partial charge is 0.534 e. The van der Waals surface area contributed by atoms with Crippen LogP contribution in [0.5, 0.6) is 5.75 Å². The second-order valence-corrected chi connectivity index (χ2v) is 8.71. The van der Waals surface area contributed by atoms with Crippen molar-refractivity contribution in [2.45, 2.75) is 45.5 Å². The summed E-state index contributed by atoms with van der Waals surface area (Å²) in [6.07, 6.45) is 0. The molecule has 28 heavy (non-hydrogen) atoms. The lowest BCUT2D eigenvalue weighted by molar-refractivity contribution is -0.0499. The maximum atomic E-state index is 12.8. The second kappa shape index (κ2) is 7.23. The Bertz CT molecular complexity index is 1020. The van der Waals surface area contributed by atoms with Crippen molar-refractivity contribution in [1.29, 1.82) is 0 Å². The number of ether oxygens (including phenoxy) is 1. The summed E-state index contributed by atoms with van der Waals surface area (Å²) in [4.78, 5) is 16.3. The van der Waals surface area contributed by atoms with Crippen LogP contribution < -0.4 is 4.18 Å². The fourth-order valence-electron chi connectivity index (χ4n) is 2.56. The molecule has 0 N–H and O–H groups in total. The predicted octanol–water partition coefficient (Wildman–Crippen LogP) is 4.25. The number of nitrogens with zero attached hydrogens (tertiary/aromatic N) is 1. The van der Waals surface area contributed by atoms with E-state index in [1.165, 1.54) is 6.07 Å². The van der Waals surface area contributed by atoms with E-state index >= 15 is 0 Å². The molecule has 0 fully saturated rings. The number of esters is 1. The van der Waals surface area contributed by atoms with Crippen LogP contribution in [0.3, 0.4) is 0 Å². The van der Waals surface area contributed by atoms with Crippen LogP contribution in [-0.4, -0.2) is 31.5 Å². The van der Waals surface area contributed by atoms with E-state index in [9.17, 15) is 26.4 Å². The third-order valence-corrected chi connectivity index (χ3v) is 4.76. The third kappa shape index (κ3) is 4.37. The average molecular weight is 419 g/mol. The monoisotopic (exact) mass is 419 g/mol. The van der Waals surface area contributed by atoms with Crippen molar-refractivity contribution >= 4 is 27.0 Å². The molecule has 1 heterocycles. The van der Waals surface area contributed by atoms with Gasteiger partial charge in [-0.05, 0) is 36.5 Å². The number of benzene rings is 1. The smallest absolute Gasteiger partial charge is 0.461 e. The molecule has 0 atom stereocenters. The molecule has 0 spiro atoms. The fraction of sp³-hybridized carbons (Fsp3) is 0.444. The van der Waals surface area contributed by atoms with Gasteiger partial charge in [0.15, 0.2) is 11.4 Å². The molecule has 1 aromatic carbocycles. The molecule has 1 aromatic heterocycles. The third-order valence-electron chi connectivity index (χ3n) is 3.80. The van der Waals surface area contributed by atoms with Crippen molar-refractivity contribution in [3.8, 4) is 5.75 Å². The van der Waals surface area contributed by atoms with Crippen molar-refractivity contribution in [3.63, 3.8) is 0 Å². The number of carbonyl (C=O) groups is 1. The highest BCUT2D eigenvalue weighted by Crippen LogP contribution is 2.37. The van der Waals surface area contributed by atoms with Crippen molar-refractivity contribution < 1.29 is 35.3 Å². The van der Waals surface area contributed by atoms with Gasteiger partial charge in [-0.2, -0.15) is 21.6 Å². The first-order valence-electron chi connectivity index (χ1n) is 8.31. The number of rotatable bonds is 4. The number of halogens is 3. The van der Waals surface area contributed by atoms with Gasteiger partial charge in [-0.3, -0.25) is 0 Å². The Kier molecular flexibility index (Phi) is 5.66. The minimum absolute atomic E-state index is 0.00954. The van der Waals surface area contributed by atoms with Gasteiger partial charge in [0.05, 0.1) is 12.1 Å². The minimum atomic E-state index is -5.94. The van der Waals surface area contributed by atoms with Crippen LogP contribution in [0.1, 0.15) is 49.3 Å². The van der Waals surface area contributed by atoms with Crippen LogP contribution in [-0.2, 0) is 20.3 Å². The molecule has 0 saturated heterocycles. The van der Waals surface area contributed by atoms with Crippen LogP contribution in [0.4, 0.5) is 13.2 Å². The first-order valence-corrected chi connectivity index (χ1v) is 9.72. The summed E-state index contributed by atoms with van der Waals surface area (Å²) < 4.78 is 70.8. The fourth-order valence-corrected chi connectivity index (χ4v) is 3.03. The van der Waals surface area contributed by atoms with Gasteiger partial charge in [-0.1, -0.05) is 26.8 Å². The topological polar surface area (TPSA) is 82.6 Å². The normalized spacial score (nSPS) is 12.9. The molecule has 0 aliphatic rings. The SMILES string of the molecule is CCOC(=O)c1cc(OS(=O)(=O)C(F)(F)F)c2cc(C)cc(C(C)(C)C)c2n1. The first-order chi connectivity index (χ1) is 12.7. The molecule has 10 heteroatoms. The van der Waals surface area contributed by atoms with Crippen LogP contribution in [0.15, 0.2) is 18.2 Å². The molecule has 0 unspecified atom stereocenters. The second-order valence-electron chi connectivity index (χ2n) is 7.17. The molecule has 2 rings (SSSR count). The summed E-state index contributed by atoms with van der Waals surface area (Å²) in [6.45, 7) is 8.83. The van der Waals surface area contributed by atoms with E-state index in [-0.39, 0.29) is 23.2 Å². The number of pyridine rings is 1. The van der Waals surface area contributed by atoms with Gasteiger partial charge in [-0.15, -0.1) is 0 Å². The Hall–Kier alpha value is -2.36. The average Bonchev–Trinajstić information content (AvgIpc) is 2.52. The number of hydrogen-bond donors (Lipinski definition) is 0. The summed E-state index contributed by atoms with van der Waals surface area (Å²) in [5.41, 5.74) is -5.03. The van der Waals surface area contributed by atoms with Gasteiger partial charge >= 0.3 is 21.6 Å². The lowest BCUT2D eigenvalue weighted by atomic mass is 9.84. The maximum absolute atomic E-state index is 12.8. The molecule has 0 aliphatic carbocycles. The van der Waals surface area contributed by atoms with Gasteiger partial charge in [-0.25, -0.2) is 9.78 Å². The van der Waals surface area contributed by atoms with Gasteiger partial charge in [0, 0.05) is 11.5 Å². The number of aromatic nitrogens is 1. The first kappa shape index (κ1) is 21.9. The minimum Gasteiger partial charge on any atom is -0.461 e. The Morgan fingerprint density at radius 1 is 1.14 bits per heavy atom. The summed E-state index contributed by atoms with van der Waals surface area (Å²) in [6, 6.07) is 4.07. The Morgan fingerprint density at radius 2 is 1.75 bits per heavy atom. The molecule has 2 aromatic rings. The van der Waals surface area contributed by atoms with Crippen molar-refractivity contribution in [2.24, 2.45) is 0 Å². The van der Waals surface area contributed by atoms with Gasteiger partial charge in [0.25, 0.3) is 0 Å². The summed E-state index contributed by atoms with van der Waals surface area (Å²) in [5.74, 6) is -1.54. The van der Waals surface area contributed by atoms with E-state index in [1.54, 1.807) is 19.9 Å². The molecule has 0 bridgehead atoms. The summed E-state index contributed by atoms with van der Waals surface area (Å²) >= 11 is 0. The number of alkyl halides is 3. The van der Waals surface area contributed by atoms with E-state index in [0.29, 0.717) is 11.1 Å². The zero-order valence-corrected chi connectivity index (χ0v) is 16.8. The zero-order valence-electron chi connectivity index (χ0n) is 16.0. The van der Waals surface area contributed by atoms with E-state index in [1.807, 2.05) is 20.8 Å². The quantitative estimate of drug-likeness (QED) is 0.419. The number of aryl methyl sites for hydroxylation is 1. The Balaban J connectivity index is 2.87. The summed E-state index contributed by atoms with van der Waals surface area (Å²) in [7, 11) is -5.94. The Labute approximate surface area is 160 Å². The van der Waals surface area contributed by atoms with E-state index in [0.717, 1.165) is 6.07 Å².